The maximum absolute atomic E-state index is 12.4. The Morgan fingerprint density at radius 1 is 1.08 bits per heavy atom. The van der Waals surface area contributed by atoms with Gasteiger partial charge in [-0.1, -0.05) is 30.3 Å². The Kier molecular flexibility index (Phi) is 4.75. The van der Waals surface area contributed by atoms with E-state index in [1.54, 1.807) is 19.2 Å². The largest absolute Gasteiger partial charge is 0.497 e. The van der Waals surface area contributed by atoms with Crippen molar-refractivity contribution in [3.63, 3.8) is 0 Å². The molecule has 0 aromatic heterocycles. The second-order valence-electron chi connectivity index (χ2n) is 5.73. The summed E-state index contributed by atoms with van der Waals surface area (Å²) in [7, 11) is 1.61. The molecule has 24 heavy (non-hydrogen) atoms. The van der Waals surface area contributed by atoms with E-state index in [0.717, 1.165) is 11.4 Å². The maximum Gasteiger partial charge on any atom is 0.189 e. The van der Waals surface area contributed by atoms with E-state index in [2.05, 4.69) is 5.32 Å². The topological polar surface area (TPSA) is 55.4 Å². The summed E-state index contributed by atoms with van der Waals surface area (Å²) >= 11 is 0. The van der Waals surface area contributed by atoms with Crippen LogP contribution in [0.25, 0.3) is 0 Å². The van der Waals surface area contributed by atoms with Gasteiger partial charge in [0.15, 0.2) is 11.6 Å². The van der Waals surface area contributed by atoms with Crippen molar-refractivity contribution in [2.45, 2.75) is 18.9 Å². The first kappa shape index (κ1) is 16.0. The number of carbonyl (C=O) groups is 2. The molecule has 0 radical (unpaired) electrons. The fourth-order valence-corrected chi connectivity index (χ4v) is 2.77. The van der Waals surface area contributed by atoms with Crippen molar-refractivity contribution in [2.24, 2.45) is 0 Å². The van der Waals surface area contributed by atoms with E-state index >= 15 is 0 Å². The summed E-state index contributed by atoms with van der Waals surface area (Å²) in [6.07, 6.45) is 2.68. The van der Waals surface area contributed by atoms with Crippen LogP contribution in [0.15, 0.2) is 66.2 Å². The summed E-state index contributed by atoms with van der Waals surface area (Å²) in [6.45, 7) is 0. The van der Waals surface area contributed by atoms with Gasteiger partial charge in [0.25, 0.3) is 0 Å². The molecule has 1 atom stereocenters. The van der Waals surface area contributed by atoms with Crippen LogP contribution in [0, 0.1) is 0 Å². The smallest absolute Gasteiger partial charge is 0.189 e. The third-order valence-electron chi connectivity index (χ3n) is 4.12. The van der Waals surface area contributed by atoms with Crippen LogP contribution in [0.3, 0.4) is 0 Å². The van der Waals surface area contributed by atoms with Crippen LogP contribution < -0.4 is 10.1 Å². The number of allylic oxidation sites excluding steroid dienone is 1. The summed E-state index contributed by atoms with van der Waals surface area (Å²) in [5.41, 5.74) is 2.07. The molecular formula is C20H19NO3. The molecule has 1 aliphatic carbocycles. The molecule has 2 aromatic rings. The standard InChI is InChI=1S/C20H19NO3/c1-24-17-10-8-16(9-11-17)21-18-12-7-15(13-19(18)22)20(23)14-5-3-2-4-6-14/h2-6,8-11,13,18,21H,7,12H2,1H3. The predicted octanol–water partition coefficient (Wildman–Crippen LogP) is 3.65. The van der Waals surface area contributed by atoms with Gasteiger partial charge in [-0.3, -0.25) is 9.59 Å². The number of rotatable bonds is 5. The summed E-state index contributed by atoms with van der Waals surface area (Å²) in [5, 5.41) is 3.22. The molecule has 1 N–H and O–H groups in total. The molecule has 0 amide bonds. The third-order valence-corrected chi connectivity index (χ3v) is 4.12. The molecule has 0 saturated carbocycles. The Morgan fingerprint density at radius 3 is 2.42 bits per heavy atom. The van der Waals surface area contributed by atoms with Crippen LogP contribution in [-0.4, -0.2) is 24.7 Å². The van der Waals surface area contributed by atoms with Crippen molar-refractivity contribution in [2.75, 3.05) is 12.4 Å². The molecule has 0 heterocycles. The average molecular weight is 321 g/mol. The van der Waals surface area contributed by atoms with Gasteiger partial charge in [0.05, 0.1) is 13.2 Å². The Bertz CT molecular complexity index is 763. The lowest BCUT2D eigenvalue weighted by atomic mass is 9.89. The van der Waals surface area contributed by atoms with Gasteiger partial charge < -0.3 is 10.1 Å². The molecule has 0 spiro atoms. The zero-order valence-electron chi connectivity index (χ0n) is 13.5. The van der Waals surface area contributed by atoms with Crippen molar-refractivity contribution >= 4 is 17.3 Å². The fraction of sp³-hybridized carbons (Fsp3) is 0.200. The first-order valence-electron chi connectivity index (χ1n) is 7.92. The van der Waals surface area contributed by atoms with Crippen LogP contribution in [0.2, 0.25) is 0 Å². The Morgan fingerprint density at radius 2 is 1.79 bits per heavy atom. The highest BCUT2D eigenvalue weighted by molar-refractivity contribution is 6.13. The second kappa shape index (κ2) is 7.13. The normalized spacial score (nSPS) is 17.1. The van der Waals surface area contributed by atoms with E-state index in [4.69, 9.17) is 4.74 Å². The molecule has 3 rings (SSSR count). The van der Waals surface area contributed by atoms with Gasteiger partial charge >= 0.3 is 0 Å². The molecule has 1 aliphatic rings. The number of nitrogens with one attached hydrogen (secondary N) is 1. The summed E-state index contributed by atoms with van der Waals surface area (Å²) in [4.78, 5) is 24.8. The molecular weight excluding hydrogens is 302 g/mol. The van der Waals surface area contributed by atoms with Crippen molar-refractivity contribution in [1.29, 1.82) is 0 Å². The average Bonchev–Trinajstić information content (AvgIpc) is 2.64. The number of Topliss-reactive ketones (excluding diaryl/α,β-unsaturated/α-hetero) is 1. The SMILES string of the molecule is COc1ccc(NC2CCC(C(=O)c3ccccc3)=CC2=O)cc1. The molecule has 0 aliphatic heterocycles. The lowest BCUT2D eigenvalue weighted by molar-refractivity contribution is -0.115. The van der Waals surface area contributed by atoms with Crippen LogP contribution >= 0.6 is 0 Å². The molecule has 122 valence electrons. The van der Waals surface area contributed by atoms with Crippen LogP contribution in [0.5, 0.6) is 5.75 Å². The van der Waals surface area contributed by atoms with E-state index in [1.165, 1.54) is 6.08 Å². The Balaban J connectivity index is 1.69. The van der Waals surface area contributed by atoms with Gasteiger partial charge in [0, 0.05) is 16.8 Å². The van der Waals surface area contributed by atoms with E-state index in [9.17, 15) is 9.59 Å². The Hall–Kier alpha value is -2.88. The van der Waals surface area contributed by atoms with Crippen molar-refractivity contribution in [3.8, 4) is 5.75 Å². The van der Waals surface area contributed by atoms with Crippen LogP contribution in [-0.2, 0) is 4.79 Å². The molecule has 0 saturated heterocycles. The van der Waals surface area contributed by atoms with Crippen molar-refractivity contribution < 1.29 is 14.3 Å². The maximum atomic E-state index is 12.4. The zero-order chi connectivity index (χ0) is 16.9. The number of carbonyl (C=O) groups excluding carboxylic acids is 2. The molecule has 2 aromatic carbocycles. The molecule has 0 bridgehead atoms. The number of hydrogen-bond donors (Lipinski definition) is 1. The third kappa shape index (κ3) is 3.54. The number of ether oxygens (including phenoxy) is 1. The van der Waals surface area contributed by atoms with E-state index < -0.39 is 0 Å². The molecule has 0 fully saturated rings. The van der Waals surface area contributed by atoms with Crippen molar-refractivity contribution in [1.82, 2.24) is 0 Å². The molecule has 1 unspecified atom stereocenters. The molecule has 4 heteroatoms. The van der Waals surface area contributed by atoms with E-state index in [1.807, 2.05) is 42.5 Å². The highest BCUT2D eigenvalue weighted by Crippen LogP contribution is 2.23. The number of hydrogen-bond acceptors (Lipinski definition) is 4. The summed E-state index contributed by atoms with van der Waals surface area (Å²) in [6, 6.07) is 16.2. The van der Waals surface area contributed by atoms with Gasteiger partial charge in [0.1, 0.15) is 5.75 Å². The number of anilines is 1. The van der Waals surface area contributed by atoms with Crippen LogP contribution in [0.1, 0.15) is 23.2 Å². The van der Waals surface area contributed by atoms with Crippen molar-refractivity contribution in [3.05, 3.63) is 71.8 Å². The number of benzene rings is 2. The van der Waals surface area contributed by atoms with E-state index in [0.29, 0.717) is 24.0 Å². The fourth-order valence-electron chi connectivity index (χ4n) is 2.77. The monoisotopic (exact) mass is 321 g/mol. The first-order chi connectivity index (χ1) is 11.7. The highest BCUT2D eigenvalue weighted by atomic mass is 16.5. The van der Waals surface area contributed by atoms with Gasteiger partial charge in [0.2, 0.25) is 0 Å². The summed E-state index contributed by atoms with van der Waals surface area (Å²) in [5.74, 6) is 0.648. The highest BCUT2D eigenvalue weighted by Gasteiger charge is 2.25. The zero-order valence-corrected chi connectivity index (χ0v) is 13.5. The minimum atomic E-state index is -0.300. The number of methoxy groups -OCH3 is 1. The van der Waals surface area contributed by atoms with Crippen LogP contribution in [0.4, 0.5) is 5.69 Å². The first-order valence-corrected chi connectivity index (χ1v) is 7.92. The summed E-state index contributed by atoms with van der Waals surface area (Å²) < 4.78 is 5.12. The predicted molar refractivity (Wildman–Crippen MR) is 93.5 cm³/mol. The minimum Gasteiger partial charge on any atom is -0.497 e. The lowest BCUT2D eigenvalue weighted by Gasteiger charge is -2.22. The van der Waals surface area contributed by atoms with Gasteiger partial charge in [-0.15, -0.1) is 0 Å². The Labute approximate surface area is 141 Å². The minimum absolute atomic E-state index is 0.0589. The van der Waals surface area contributed by atoms with Gasteiger partial charge in [-0.2, -0.15) is 0 Å². The van der Waals surface area contributed by atoms with Gasteiger partial charge in [-0.05, 0) is 43.2 Å². The number of ketones is 2. The van der Waals surface area contributed by atoms with E-state index in [-0.39, 0.29) is 17.6 Å². The van der Waals surface area contributed by atoms with Gasteiger partial charge in [-0.25, -0.2) is 0 Å². The molecule has 4 nitrogen and oxygen atoms in total. The second-order valence-corrected chi connectivity index (χ2v) is 5.73. The lowest BCUT2D eigenvalue weighted by Crippen LogP contribution is -2.32. The quantitative estimate of drug-likeness (QED) is 0.854.